The fourth-order valence-electron chi connectivity index (χ4n) is 3.40. The van der Waals surface area contributed by atoms with E-state index in [0.29, 0.717) is 12.0 Å². The molecule has 0 saturated heterocycles. The lowest BCUT2D eigenvalue weighted by atomic mass is 9.79. The number of nitrogens with two attached hydrogens (primary N) is 1. The number of nitrogens with zero attached hydrogens (tertiary/aromatic N) is 2. The van der Waals surface area contributed by atoms with E-state index >= 15 is 0 Å². The van der Waals surface area contributed by atoms with Crippen molar-refractivity contribution in [3.8, 4) is 0 Å². The first-order chi connectivity index (χ1) is 10.1. The Morgan fingerprint density at radius 2 is 2.10 bits per heavy atom. The molecule has 2 aliphatic rings. The SMILES string of the molecule is CN(C(N)=NCC1(c2cccc(Br)c2)CCCC1)C1CC1. The maximum atomic E-state index is 6.17. The van der Waals surface area contributed by atoms with Crippen LogP contribution < -0.4 is 5.73 Å². The molecule has 2 aliphatic carbocycles. The third-order valence-corrected chi connectivity index (χ3v) is 5.49. The lowest BCUT2D eigenvalue weighted by Gasteiger charge is -2.29. The number of benzene rings is 1. The van der Waals surface area contributed by atoms with E-state index in [4.69, 9.17) is 10.7 Å². The largest absolute Gasteiger partial charge is 0.370 e. The number of guanidine groups is 1. The summed E-state index contributed by atoms with van der Waals surface area (Å²) in [5, 5.41) is 0. The van der Waals surface area contributed by atoms with Crippen LogP contribution in [0.1, 0.15) is 44.1 Å². The summed E-state index contributed by atoms with van der Waals surface area (Å²) in [5.41, 5.74) is 7.75. The van der Waals surface area contributed by atoms with E-state index in [2.05, 4.69) is 52.1 Å². The predicted molar refractivity (Wildman–Crippen MR) is 91.6 cm³/mol. The molecule has 0 atom stereocenters. The van der Waals surface area contributed by atoms with Gasteiger partial charge in [0.25, 0.3) is 0 Å². The Labute approximate surface area is 135 Å². The van der Waals surface area contributed by atoms with Crippen molar-refractivity contribution in [2.75, 3.05) is 13.6 Å². The molecule has 0 radical (unpaired) electrons. The van der Waals surface area contributed by atoms with Gasteiger partial charge in [-0.05, 0) is 43.4 Å². The van der Waals surface area contributed by atoms with Crippen molar-refractivity contribution in [1.82, 2.24) is 4.90 Å². The van der Waals surface area contributed by atoms with Gasteiger partial charge >= 0.3 is 0 Å². The zero-order chi connectivity index (χ0) is 14.9. The minimum atomic E-state index is 0.179. The smallest absolute Gasteiger partial charge is 0.191 e. The molecule has 2 fully saturated rings. The summed E-state index contributed by atoms with van der Waals surface area (Å²) in [4.78, 5) is 6.89. The zero-order valence-electron chi connectivity index (χ0n) is 12.7. The van der Waals surface area contributed by atoms with Gasteiger partial charge in [-0.25, -0.2) is 0 Å². The molecule has 0 aliphatic heterocycles. The highest BCUT2D eigenvalue weighted by Crippen LogP contribution is 2.42. The molecular weight excluding hydrogens is 326 g/mol. The predicted octanol–water partition coefficient (Wildman–Crippen LogP) is 3.67. The molecule has 4 heteroatoms. The van der Waals surface area contributed by atoms with E-state index < -0.39 is 0 Å². The summed E-state index contributed by atoms with van der Waals surface area (Å²) >= 11 is 3.60. The van der Waals surface area contributed by atoms with Crippen LogP contribution in [0.15, 0.2) is 33.7 Å². The monoisotopic (exact) mass is 349 g/mol. The first-order valence-corrected chi connectivity index (χ1v) is 8.69. The summed E-state index contributed by atoms with van der Waals surface area (Å²) in [6.07, 6.45) is 7.52. The van der Waals surface area contributed by atoms with Crippen molar-refractivity contribution in [2.24, 2.45) is 10.7 Å². The average molecular weight is 350 g/mol. The summed E-state index contributed by atoms with van der Waals surface area (Å²) in [7, 11) is 2.07. The van der Waals surface area contributed by atoms with Gasteiger partial charge in [-0.3, -0.25) is 4.99 Å². The van der Waals surface area contributed by atoms with E-state index in [1.54, 1.807) is 0 Å². The Morgan fingerprint density at radius 1 is 1.38 bits per heavy atom. The Hall–Kier alpha value is -1.03. The number of rotatable bonds is 4. The Balaban J connectivity index is 1.79. The highest BCUT2D eigenvalue weighted by Gasteiger charge is 2.36. The van der Waals surface area contributed by atoms with Crippen LogP contribution in [-0.2, 0) is 5.41 Å². The number of hydrogen-bond acceptors (Lipinski definition) is 1. The van der Waals surface area contributed by atoms with Crippen molar-refractivity contribution in [2.45, 2.75) is 50.0 Å². The number of halogens is 1. The molecule has 0 bridgehead atoms. The molecular formula is C17H24BrN3. The van der Waals surface area contributed by atoms with Crippen molar-refractivity contribution in [1.29, 1.82) is 0 Å². The molecule has 0 spiro atoms. The summed E-state index contributed by atoms with van der Waals surface area (Å²) in [6, 6.07) is 9.33. The van der Waals surface area contributed by atoms with E-state index in [9.17, 15) is 0 Å². The third-order valence-electron chi connectivity index (χ3n) is 5.00. The highest BCUT2D eigenvalue weighted by molar-refractivity contribution is 9.10. The van der Waals surface area contributed by atoms with Gasteiger partial charge in [-0.2, -0.15) is 0 Å². The topological polar surface area (TPSA) is 41.6 Å². The van der Waals surface area contributed by atoms with Gasteiger partial charge in [0.15, 0.2) is 5.96 Å². The van der Waals surface area contributed by atoms with Gasteiger partial charge in [-0.1, -0.05) is 40.9 Å². The van der Waals surface area contributed by atoms with Gasteiger partial charge in [0.2, 0.25) is 0 Å². The van der Waals surface area contributed by atoms with Crippen LogP contribution >= 0.6 is 15.9 Å². The zero-order valence-corrected chi connectivity index (χ0v) is 14.3. The van der Waals surface area contributed by atoms with E-state index in [0.717, 1.165) is 11.0 Å². The Morgan fingerprint density at radius 3 is 2.71 bits per heavy atom. The molecule has 1 aromatic carbocycles. The van der Waals surface area contributed by atoms with Crippen LogP contribution in [0.2, 0.25) is 0 Å². The van der Waals surface area contributed by atoms with E-state index in [-0.39, 0.29) is 5.41 Å². The molecule has 2 N–H and O–H groups in total. The Bertz CT molecular complexity index is 531. The molecule has 2 saturated carbocycles. The van der Waals surface area contributed by atoms with E-state index in [1.807, 2.05) is 0 Å². The second-order valence-corrected chi connectivity index (χ2v) is 7.43. The standard InChI is InChI=1S/C17H24BrN3/c1-21(15-7-8-15)16(19)20-12-17(9-2-3-10-17)13-5-4-6-14(18)11-13/h4-6,11,15H,2-3,7-10,12H2,1H3,(H2,19,20). The van der Waals surface area contributed by atoms with Crippen LogP contribution in [0.4, 0.5) is 0 Å². The Kier molecular flexibility index (Phi) is 4.25. The summed E-state index contributed by atoms with van der Waals surface area (Å²) < 4.78 is 1.15. The summed E-state index contributed by atoms with van der Waals surface area (Å²) in [6.45, 7) is 0.812. The molecule has 0 unspecified atom stereocenters. The second-order valence-electron chi connectivity index (χ2n) is 6.51. The van der Waals surface area contributed by atoms with E-state index in [1.165, 1.54) is 44.1 Å². The van der Waals surface area contributed by atoms with Gasteiger partial charge in [0.05, 0.1) is 6.54 Å². The molecule has 21 heavy (non-hydrogen) atoms. The van der Waals surface area contributed by atoms with Gasteiger partial charge < -0.3 is 10.6 Å². The normalized spacial score (nSPS) is 21.5. The lowest BCUT2D eigenvalue weighted by Crippen LogP contribution is -2.37. The van der Waals surface area contributed by atoms with Crippen molar-refractivity contribution < 1.29 is 0 Å². The molecule has 0 heterocycles. The van der Waals surface area contributed by atoms with Gasteiger partial charge in [-0.15, -0.1) is 0 Å². The van der Waals surface area contributed by atoms with Gasteiger partial charge in [0.1, 0.15) is 0 Å². The fourth-order valence-corrected chi connectivity index (χ4v) is 3.80. The minimum absolute atomic E-state index is 0.179. The molecule has 0 amide bonds. The maximum absolute atomic E-state index is 6.17. The van der Waals surface area contributed by atoms with Gasteiger partial charge in [0, 0.05) is 23.0 Å². The van der Waals surface area contributed by atoms with Crippen molar-refractivity contribution in [3.05, 3.63) is 34.3 Å². The second kappa shape index (κ2) is 5.99. The van der Waals surface area contributed by atoms with Crippen molar-refractivity contribution in [3.63, 3.8) is 0 Å². The first kappa shape index (κ1) is 14.9. The van der Waals surface area contributed by atoms with Crippen LogP contribution in [0.3, 0.4) is 0 Å². The maximum Gasteiger partial charge on any atom is 0.191 e. The highest BCUT2D eigenvalue weighted by atomic mass is 79.9. The first-order valence-electron chi connectivity index (χ1n) is 7.90. The molecule has 1 aromatic rings. The number of aliphatic imine (C=N–C) groups is 1. The van der Waals surface area contributed by atoms with Crippen LogP contribution in [0, 0.1) is 0 Å². The third kappa shape index (κ3) is 3.25. The molecule has 114 valence electrons. The molecule has 3 rings (SSSR count). The lowest BCUT2D eigenvalue weighted by molar-refractivity contribution is 0.440. The molecule has 0 aromatic heterocycles. The number of hydrogen-bond donors (Lipinski definition) is 1. The average Bonchev–Trinajstić information content (AvgIpc) is 3.22. The molecule has 3 nitrogen and oxygen atoms in total. The van der Waals surface area contributed by atoms with Crippen LogP contribution in [0.5, 0.6) is 0 Å². The van der Waals surface area contributed by atoms with Crippen LogP contribution in [0.25, 0.3) is 0 Å². The van der Waals surface area contributed by atoms with Crippen molar-refractivity contribution >= 4 is 21.9 Å². The quantitative estimate of drug-likeness (QED) is 0.665. The minimum Gasteiger partial charge on any atom is -0.370 e. The fraction of sp³-hybridized carbons (Fsp3) is 0.588. The van der Waals surface area contributed by atoms with Crippen LogP contribution in [-0.4, -0.2) is 30.5 Å². The summed E-state index contributed by atoms with van der Waals surface area (Å²) in [5.74, 6) is 0.707.